The van der Waals surface area contributed by atoms with Crippen LogP contribution in [0, 0.1) is 5.92 Å². The van der Waals surface area contributed by atoms with E-state index in [1.54, 1.807) is 13.8 Å². The molecule has 0 aliphatic carbocycles. The molecule has 0 aromatic carbocycles. The summed E-state index contributed by atoms with van der Waals surface area (Å²) in [6.07, 6.45) is -3.43. The zero-order valence-electron chi connectivity index (χ0n) is 19.5. The van der Waals surface area contributed by atoms with Gasteiger partial charge >= 0.3 is 0 Å². The Hall–Kier alpha value is -2.15. The highest BCUT2D eigenvalue weighted by molar-refractivity contribution is 6.74. The van der Waals surface area contributed by atoms with Crippen molar-refractivity contribution in [2.24, 2.45) is 5.92 Å². The van der Waals surface area contributed by atoms with Crippen LogP contribution in [0.3, 0.4) is 0 Å². The van der Waals surface area contributed by atoms with Gasteiger partial charge in [-0.25, -0.2) is 9.37 Å². The number of nitrogens with zero attached hydrogens (tertiary/aromatic N) is 3. The number of carbonyl (C=O) groups excluding carboxylic acids is 1. The number of amides is 1. The molecular weight excluding hydrogens is 437 g/mol. The number of carbonyl (C=O) groups is 1. The molecule has 1 aliphatic rings. The van der Waals surface area contributed by atoms with E-state index in [9.17, 15) is 14.7 Å². The fraction of sp³-hybridized carbons (Fsp3) is 0.700. The second-order valence-electron chi connectivity index (χ2n) is 9.92. The lowest BCUT2D eigenvalue weighted by molar-refractivity contribution is -0.118. The Bertz CT molecular complexity index is 1050. The first kappa shape index (κ1) is 24.5. The van der Waals surface area contributed by atoms with Gasteiger partial charge in [-0.15, -0.1) is 0 Å². The number of alkyl halides is 1. The number of rotatable bonds is 6. The van der Waals surface area contributed by atoms with Gasteiger partial charge in [-0.3, -0.25) is 24.5 Å². The molecule has 1 aliphatic heterocycles. The smallest absolute Gasteiger partial charge is 0.280 e. The summed E-state index contributed by atoms with van der Waals surface area (Å²) in [6, 6.07) is 0. The Morgan fingerprint density at radius 3 is 2.66 bits per heavy atom. The van der Waals surface area contributed by atoms with Crippen LogP contribution in [0.4, 0.5) is 10.3 Å². The number of hydrogen-bond acceptors (Lipinski definition) is 7. The number of aromatic nitrogens is 4. The maximum Gasteiger partial charge on any atom is 0.280 e. The molecule has 1 saturated heterocycles. The summed E-state index contributed by atoms with van der Waals surface area (Å²) in [6.45, 7) is 13.1. The molecule has 10 nitrogen and oxygen atoms in total. The second-order valence-corrected chi connectivity index (χ2v) is 14.7. The Morgan fingerprint density at radius 1 is 1.44 bits per heavy atom. The van der Waals surface area contributed by atoms with Gasteiger partial charge in [0.15, 0.2) is 31.9 Å². The van der Waals surface area contributed by atoms with E-state index >= 15 is 4.39 Å². The van der Waals surface area contributed by atoms with Gasteiger partial charge in [-0.05, 0) is 18.1 Å². The first-order chi connectivity index (χ1) is 14.8. The number of aromatic amines is 1. The Labute approximate surface area is 186 Å². The summed E-state index contributed by atoms with van der Waals surface area (Å²) < 4.78 is 29.0. The molecule has 3 N–H and O–H groups in total. The van der Waals surface area contributed by atoms with Crippen LogP contribution >= 0.6 is 0 Å². The largest absolute Gasteiger partial charge is 0.408 e. The number of H-pyrrole nitrogens is 1. The van der Waals surface area contributed by atoms with E-state index in [4.69, 9.17) is 9.16 Å². The van der Waals surface area contributed by atoms with Crippen molar-refractivity contribution in [3.63, 3.8) is 0 Å². The number of ether oxygens (including phenoxy) is 1. The van der Waals surface area contributed by atoms with Gasteiger partial charge in [0, 0.05) is 5.92 Å². The van der Waals surface area contributed by atoms with Crippen LogP contribution in [-0.4, -0.2) is 63.8 Å². The number of anilines is 1. The lowest BCUT2D eigenvalue weighted by atomic mass is 10.1. The summed E-state index contributed by atoms with van der Waals surface area (Å²) in [5.74, 6) is -0.723. The molecule has 4 atom stereocenters. The molecule has 0 bridgehead atoms. The van der Waals surface area contributed by atoms with E-state index in [0.29, 0.717) is 0 Å². The number of imidazole rings is 1. The van der Waals surface area contributed by atoms with E-state index in [0.717, 1.165) is 0 Å². The van der Waals surface area contributed by atoms with Gasteiger partial charge in [-0.2, -0.15) is 4.98 Å². The molecule has 1 amide bonds. The predicted molar refractivity (Wildman–Crippen MR) is 120 cm³/mol. The topological polar surface area (TPSA) is 131 Å². The van der Waals surface area contributed by atoms with Gasteiger partial charge in [0.25, 0.3) is 5.56 Å². The molecule has 3 heterocycles. The van der Waals surface area contributed by atoms with Gasteiger partial charge in [0.05, 0.1) is 12.9 Å². The van der Waals surface area contributed by atoms with Crippen LogP contribution in [0.1, 0.15) is 40.8 Å². The number of halogens is 1. The zero-order chi connectivity index (χ0) is 24.0. The summed E-state index contributed by atoms with van der Waals surface area (Å²) in [4.78, 5) is 35.2. The number of hydrogen-bond donors (Lipinski definition) is 3. The highest BCUT2D eigenvalue weighted by Crippen LogP contribution is 2.42. The third-order valence-corrected chi connectivity index (χ3v) is 10.6. The second kappa shape index (κ2) is 8.65. The molecule has 0 saturated carbocycles. The van der Waals surface area contributed by atoms with Crippen molar-refractivity contribution in [3.8, 4) is 0 Å². The van der Waals surface area contributed by atoms with E-state index in [-0.39, 0.29) is 34.0 Å². The molecule has 0 spiro atoms. The molecule has 1 fully saturated rings. The molecular formula is C20H32FN5O5Si. The summed E-state index contributed by atoms with van der Waals surface area (Å²) in [5.41, 5.74) is -0.531. The lowest BCUT2D eigenvalue weighted by Crippen LogP contribution is -2.49. The molecule has 1 unspecified atom stereocenters. The van der Waals surface area contributed by atoms with Crippen LogP contribution in [0.15, 0.2) is 11.1 Å². The fourth-order valence-electron chi connectivity index (χ4n) is 3.16. The van der Waals surface area contributed by atoms with E-state index < -0.39 is 45.1 Å². The highest BCUT2D eigenvalue weighted by atomic mass is 28.4. The average Bonchev–Trinajstić information content (AvgIpc) is 3.22. The monoisotopic (exact) mass is 469 g/mol. The number of nitrogens with one attached hydrogen (secondary N) is 2. The van der Waals surface area contributed by atoms with Crippen molar-refractivity contribution >= 4 is 31.3 Å². The van der Waals surface area contributed by atoms with Crippen LogP contribution in [0.2, 0.25) is 18.1 Å². The van der Waals surface area contributed by atoms with E-state index in [1.165, 1.54) is 10.9 Å². The van der Waals surface area contributed by atoms with Crippen LogP contribution in [0.25, 0.3) is 11.2 Å². The standard InChI is InChI=1S/C20H32FN5O5Si/c1-10(2)16(28)24-19-23-15-13(17(29)25-19)22-9-26(15)18-12(21)14(11(8-27)30-18)31-32(6,7)20(3,4)5/h9-12,14,18,27H,8H2,1-7H3,(H2,23,24,25,28,29)/t11-,12-,14?,18-/m1/s1. The first-order valence-electron chi connectivity index (χ1n) is 10.6. The Morgan fingerprint density at radius 2 is 2.09 bits per heavy atom. The minimum atomic E-state index is -2.36. The van der Waals surface area contributed by atoms with Gasteiger partial charge in [0.1, 0.15) is 12.2 Å². The Balaban J connectivity index is 1.97. The van der Waals surface area contributed by atoms with Crippen LogP contribution in [-0.2, 0) is 14.0 Å². The fourth-order valence-corrected chi connectivity index (χ4v) is 4.47. The normalized spacial score (nSPS) is 24.4. The number of aliphatic hydroxyl groups excluding tert-OH is 1. The van der Waals surface area contributed by atoms with Gasteiger partial charge in [-0.1, -0.05) is 34.6 Å². The maximum absolute atomic E-state index is 15.6. The van der Waals surface area contributed by atoms with Crippen LogP contribution < -0.4 is 10.9 Å². The van der Waals surface area contributed by atoms with Crippen LogP contribution in [0.5, 0.6) is 0 Å². The van der Waals surface area contributed by atoms with E-state index in [1.807, 2.05) is 33.9 Å². The van der Waals surface area contributed by atoms with Gasteiger partial charge < -0.3 is 14.3 Å². The molecule has 2 aromatic heterocycles. The summed E-state index contributed by atoms with van der Waals surface area (Å²) in [5, 5.41) is 12.2. The molecule has 32 heavy (non-hydrogen) atoms. The predicted octanol–water partition coefficient (Wildman–Crippen LogP) is 2.33. The van der Waals surface area contributed by atoms with Crippen molar-refractivity contribution < 1.29 is 23.5 Å². The highest BCUT2D eigenvalue weighted by Gasteiger charge is 2.51. The SMILES string of the molecule is CC(C)C(=O)Nc1nc2c(ncn2[C@@H]2O[C@H](CO)C(O[Si](C)(C)C(C)(C)C)[C@H]2F)c(=O)[nH]1. The summed E-state index contributed by atoms with van der Waals surface area (Å²) >= 11 is 0. The van der Waals surface area contributed by atoms with Crippen molar-refractivity contribution in [2.75, 3.05) is 11.9 Å². The van der Waals surface area contributed by atoms with Crippen molar-refractivity contribution in [1.82, 2.24) is 19.5 Å². The van der Waals surface area contributed by atoms with Crippen molar-refractivity contribution in [3.05, 3.63) is 16.7 Å². The van der Waals surface area contributed by atoms with Gasteiger partial charge in [0.2, 0.25) is 11.9 Å². The van der Waals surface area contributed by atoms with Crippen molar-refractivity contribution in [1.29, 1.82) is 0 Å². The number of aliphatic hydroxyl groups is 1. The lowest BCUT2D eigenvalue weighted by Gasteiger charge is -2.39. The first-order valence-corrected chi connectivity index (χ1v) is 13.5. The quantitative estimate of drug-likeness (QED) is 0.553. The third kappa shape index (κ3) is 4.49. The zero-order valence-corrected chi connectivity index (χ0v) is 20.5. The molecule has 2 aromatic rings. The average molecular weight is 470 g/mol. The summed E-state index contributed by atoms with van der Waals surface area (Å²) in [7, 11) is -2.36. The van der Waals surface area contributed by atoms with Crippen molar-refractivity contribution in [2.45, 2.75) is 77.4 Å². The molecule has 3 rings (SSSR count). The molecule has 12 heteroatoms. The Kier molecular flexibility index (Phi) is 6.62. The minimum Gasteiger partial charge on any atom is -0.408 e. The maximum atomic E-state index is 15.6. The molecule has 0 radical (unpaired) electrons. The number of fused-ring (bicyclic) bond motifs is 1. The third-order valence-electron chi connectivity index (χ3n) is 6.16. The van der Waals surface area contributed by atoms with E-state index in [2.05, 4.69) is 20.3 Å². The molecule has 178 valence electrons. The minimum absolute atomic E-state index is 0.0161.